The van der Waals surface area contributed by atoms with E-state index in [1.54, 1.807) is 0 Å². The number of unbranched alkanes of at least 4 members (excludes halogenated alkanes) is 1. The summed E-state index contributed by atoms with van der Waals surface area (Å²) in [5.41, 5.74) is 0. The molecule has 0 unspecified atom stereocenters. The van der Waals surface area contributed by atoms with E-state index >= 15 is 0 Å². The number of hydrogen-bond donors (Lipinski definition) is 1. The average molecular weight is 380 g/mol. The Morgan fingerprint density at radius 2 is 1.12 bits per heavy atom. The van der Waals surface area contributed by atoms with Crippen LogP contribution in [0.5, 0.6) is 0 Å². The highest BCUT2D eigenvalue weighted by molar-refractivity contribution is 9.04. The zero-order valence-corrected chi connectivity index (χ0v) is 16.8. The lowest BCUT2D eigenvalue weighted by atomic mass is 10.3. The van der Waals surface area contributed by atoms with Crippen LogP contribution in [0.1, 0.15) is 19.8 Å². The van der Waals surface area contributed by atoms with Gasteiger partial charge in [-0.2, -0.15) is 13.5 Å². The summed E-state index contributed by atoms with van der Waals surface area (Å²) < 4.78 is 0. The van der Waals surface area contributed by atoms with Gasteiger partial charge in [-0.05, 0) is 37.7 Å². The molecule has 0 fully saturated rings. The molecule has 0 aromatic heterocycles. The minimum absolute atomic E-state index is 0.998. The highest BCUT2D eigenvalue weighted by Gasteiger charge is 2.47. The number of hydrogen-bond acceptors (Lipinski definition) is 2. The third kappa shape index (κ3) is 2.94. The van der Waals surface area contributed by atoms with Crippen LogP contribution in [0.3, 0.4) is 0 Å². The number of thiocyanates is 1. The summed E-state index contributed by atoms with van der Waals surface area (Å²) in [5, 5.41) is 12.5. The van der Waals surface area contributed by atoms with E-state index in [9.17, 15) is 5.26 Å². The Morgan fingerprint density at radius 3 is 1.42 bits per heavy atom. The van der Waals surface area contributed by atoms with E-state index in [-0.39, 0.29) is 0 Å². The van der Waals surface area contributed by atoms with Crippen LogP contribution >= 0.6 is 19.0 Å². The molecule has 1 nitrogen and oxygen atoms in total. The van der Waals surface area contributed by atoms with E-state index in [4.69, 9.17) is 0 Å². The van der Waals surface area contributed by atoms with Crippen molar-refractivity contribution in [1.82, 2.24) is 0 Å². The highest BCUT2D eigenvalue weighted by atomic mass is 33.2. The maximum atomic E-state index is 10.00. The van der Waals surface area contributed by atoms with Crippen LogP contribution in [-0.2, 0) is 0 Å². The topological polar surface area (TPSA) is 23.8 Å². The number of benzene rings is 3. The monoisotopic (exact) mass is 379 g/mol. The molecule has 0 aliphatic rings. The van der Waals surface area contributed by atoms with Gasteiger partial charge in [-0.15, -0.1) is 0 Å². The molecule has 0 amide bonds. The number of nitrogens with zero attached hydrogens (tertiary/aromatic N) is 1. The highest BCUT2D eigenvalue weighted by Crippen LogP contribution is 2.92. The number of rotatable bonds is 7. The summed E-state index contributed by atoms with van der Waals surface area (Å²) in [4.78, 5) is 3.86. The van der Waals surface area contributed by atoms with E-state index in [1.165, 1.54) is 25.5 Å². The Labute approximate surface area is 160 Å². The number of nitriles is 1. The third-order valence-electron chi connectivity index (χ3n) is 5.09. The summed E-state index contributed by atoms with van der Waals surface area (Å²) in [6.07, 6.45) is 2.20. The molecule has 0 radical (unpaired) electrons. The first-order chi connectivity index (χ1) is 12.8. The second-order valence-corrected chi connectivity index (χ2v) is 14.2. The van der Waals surface area contributed by atoms with Crippen LogP contribution in [0.4, 0.5) is 0 Å². The van der Waals surface area contributed by atoms with Crippen molar-refractivity contribution in [3.8, 4) is 5.40 Å². The molecule has 0 N–H and O–H groups in total. The Hall–Kier alpha value is -2.15. The fourth-order valence-electron chi connectivity index (χ4n) is 3.82. The zero-order valence-electron chi connectivity index (χ0n) is 15.1. The molecule has 3 rings (SSSR count). The van der Waals surface area contributed by atoms with E-state index in [0.29, 0.717) is 0 Å². The Balaban J connectivity index is 2.48. The molecule has 0 spiro atoms. The normalized spacial score (nSPS) is 12.7. The Kier molecular flexibility index (Phi) is 5.76. The van der Waals surface area contributed by atoms with Gasteiger partial charge >= 0.3 is 0 Å². The van der Waals surface area contributed by atoms with Crippen molar-refractivity contribution in [1.29, 1.82) is 5.26 Å². The van der Waals surface area contributed by atoms with Crippen molar-refractivity contribution in [2.45, 2.75) is 34.5 Å². The van der Waals surface area contributed by atoms with Gasteiger partial charge in [0.1, 0.15) is 5.40 Å². The smallest absolute Gasteiger partial charge is 0.142 e. The van der Waals surface area contributed by atoms with Crippen molar-refractivity contribution in [2.24, 2.45) is 0 Å². The minimum Gasteiger partial charge on any atom is -0.184 e. The number of thiol groups is 1. The average Bonchev–Trinajstić information content (AvgIpc) is 2.73. The van der Waals surface area contributed by atoms with Gasteiger partial charge < -0.3 is 0 Å². The molecule has 0 heterocycles. The first-order valence-electron chi connectivity index (χ1n) is 9.04. The fourth-order valence-corrected chi connectivity index (χ4v) is 12.6. The van der Waals surface area contributed by atoms with Gasteiger partial charge in [0.05, 0.1) is 0 Å². The van der Waals surface area contributed by atoms with Gasteiger partial charge in [0, 0.05) is 0 Å². The van der Waals surface area contributed by atoms with Crippen LogP contribution in [0, 0.1) is 10.7 Å². The predicted molar refractivity (Wildman–Crippen MR) is 116 cm³/mol. The van der Waals surface area contributed by atoms with E-state index in [0.717, 1.165) is 18.6 Å². The molecule has 3 aromatic carbocycles. The summed E-state index contributed by atoms with van der Waals surface area (Å²) >= 11 is 0. The Bertz CT molecular complexity index is 771. The summed E-state index contributed by atoms with van der Waals surface area (Å²) in [5.74, 6) is 0.998. The molecule has 0 aliphatic heterocycles. The van der Waals surface area contributed by atoms with Gasteiger partial charge in [-0.25, -0.2) is 0 Å². The second kappa shape index (κ2) is 8.03. The van der Waals surface area contributed by atoms with Crippen molar-refractivity contribution in [3.63, 3.8) is 0 Å². The molecule has 3 aromatic rings. The predicted octanol–water partition coefficient (Wildman–Crippen LogP) is 7.17. The summed E-state index contributed by atoms with van der Waals surface area (Å²) in [6.45, 7) is 2.23. The van der Waals surface area contributed by atoms with Gasteiger partial charge in [0.25, 0.3) is 0 Å². The van der Waals surface area contributed by atoms with Crippen molar-refractivity contribution < 1.29 is 0 Å². The molecule has 0 saturated carbocycles. The minimum atomic E-state index is -2.95. The van der Waals surface area contributed by atoms with Gasteiger partial charge in [0.2, 0.25) is 0 Å². The third-order valence-corrected chi connectivity index (χ3v) is 14.8. The van der Waals surface area contributed by atoms with Crippen LogP contribution in [-0.4, -0.2) is 5.75 Å². The van der Waals surface area contributed by atoms with Gasteiger partial charge in [-0.3, -0.25) is 0 Å². The lowest BCUT2D eigenvalue weighted by Gasteiger charge is -2.60. The van der Waals surface area contributed by atoms with E-state index in [2.05, 4.69) is 103 Å². The maximum Gasteiger partial charge on any atom is 0.142 e. The molecule has 0 aliphatic carbocycles. The Morgan fingerprint density at radius 1 is 0.731 bits per heavy atom. The quantitative estimate of drug-likeness (QED) is 0.267. The maximum absolute atomic E-state index is 10.00. The standard InChI is InChI=1S/C23H25NS2/c1-2-3-19-26(25-20-24,21-13-7-4-8-14-21,22-15-9-5-10-16-22)23-17-11-6-12-18-23/h4-18,26H,2-3,19H2,1H3. The van der Waals surface area contributed by atoms with E-state index in [1.807, 2.05) is 0 Å². The van der Waals surface area contributed by atoms with Gasteiger partial charge in [0.15, 0.2) is 0 Å². The van der Waals surface area contributed by atoms with Crippen LogP contribution in [0.15, 0.2) is 106 Å². The molecule has 26 heavy (non-hydrogen) atoms. The van der Waals surface area contributed by atoms with E-state index < -0.39 is 8.19 Å². The van der Waals surface area contributed by atoms with Crippen molar-refractivity contribution in [2.75, 3.05) is 5.75 Å². The second-order valence-electron chi connectivity index (χ2n) is 6.48. The first kappa shape index (κ1) is 18.6. The summed E-state index contributed by atoms with van der Waals surface area (Å²) in [7, 11) is -1.45. The van der Waals surface area contributed by atoms with Crippen LogP contribution in [0.25, 0.3) is 0 Å². The fraction of sp³-hybridized carbons (Fsp3) is 0.174. The first-order valence-corrected chi connectivity index (χ1v) is 12.9. The SMILES string of the molecule is CCCC[SH](SC#N)(c1ccccc1)(c1ccccc1)c1ccccc1. The lowest BCUT2D eigenvalue weighted by Crippen LogP contribution is -2.20. The van der Waals surface area contributed by atoms with Crippen LogP contribution in [0.2, 0.25) is 0 Å². The van der Waals surface area contributed by atoms with Crippen molar-refractivity contribution >= 4 is 19.0 Å². The molecule has 0 saturated heterocycles. The largest absolute Gasteiger partial charge is 0.184 e. The molecular weight excluding hydrogens is 354 g/mol. The molecule has 3 heteroatoms. The molecule has 134 valence electrons. The van der Waals surface area contributed by atoms with Crippen molar-refractivity contribution in [3.05, 3.63) is 91.0 Å². The van der Waals surface area contributed by atoms with Gasteiger partial charge in [-0.1, -0.05) is 104 Å². The summed E-state index contributed by atoms with van der Waals surface area (Å²) in [6, 6.07) is 32.1. The van der Waals surface area contributed by atoms with Crippen LogP contribution < -0.4 is 0 Å². The zero-order chi connectivity index (χ0) is 18.3. The lowest BCUT2D eigenvalue weighted by molar-refractivity contribution is 0.885. The molecular formula is C23H25NS2. The molecule has 0 atom stereocenters. The molecule has 0 bridgehead atoms.